The molecule has 0 fully saturated rings. The molecule has 0 spiro atoms. The van der Waals surface area contributed by atoms with Crippen molar-refractivity contribution in [3.63, 3.8) is 0 Å². The van der Waals surface area contributed by atoms with Crippen LogP contribution in [0.4, 0.5) is 0 Å². The smallest absolute Gasteiger partial charge is 0.136 e. The molecule has 0 N–H and O–H groups in total. The third-order valence-corrected chi connectivity index (χ3v) is 7.45. The molecule has 0 saturated heterocycles. The first-order valence-corrected chi connectivity index (χ1v) is 11.8. The van der Waals surface area contributed by atoms with E-state index in [-0.39, 0.29) is 0 Å². The quantitative estimate of drug-likeness (QED) is 0.237. The van der Waals surface area contributed by atoms with Gasteiger partial charge in [0.1, 0.15) is 11.5 Å². The van der Waals surface area contributed by atoms with Gasteiger partial charge in [-0.1, -0.05) is 78.9 Å². The minimum absolute atomic E-state index is 0.667. The van der Waals surface area contributed by atoms with Crippen LogP contribution in [0.3, 0.4) is 0 Å². The average molecular weight is 444 g/mol. The molecule has 0 radical (unpaired) electrons. The van der Waals surface area contributed by atoms with E-state index in [1.807, 2.05) is 24.3 Å². The van der Waals surface area contributed by atoms with E-state index in [1.165, 1.54) is 37.9 Å². The van der Waals surface area contributed by atoms with E-state index in [0.717, 1.165) is 39.0 Å². The highest BCUT2D eigenvalue weighted by Gasteiger charge is 2.22. The Hall–Kier alpha value is -4.87. The standard InChI is InChI=1S/C33H17NO/c34-18-23-12-16-30-33-25(23)5-2-6-26(33)28-17-22(11-15-29(28)35-30)24-13-9-21-8-7-19-3-1-4-20-10-14-27(24)32(21)31(19)20/h1-17H. The number of nitriles is 1. The van der Waals surface area contributed by atoms with E-state index in [1.54, 1.807) is 0 Å². The van der Waals surface area contributed by atoms with Crippen LogP contribution in [-0.2, 0) is 0 Å². The fourth-order valence-electron chi connectivity index (χ4n) is 5.88. The Morgan fingerprint density at radius 1 is 0.514 bits per heavy atom. The molecule has 0 bridgehead atoms. The van der Waals surface area contributed by atoms with Crippen molar-refractivity contribution in [2.75, 3.05) is 0 Å². The summed E-state index contributed by atoms with van der Waals surface area (Å²) in [5.41, 5.74) is 5.20. The Morgan fingerprint density at radius 3 is 2.11 bits per heavy atom. The van der Waals surface area contributed by atoms with Crippen LogP contribution in [0.2, 0.25) is 0 Å². The average Bonchev–Trinajstić information content (AvgIpc) is 2.92. The minimum atomic E-state index is 0.667. The lowest BCUT2D eigenvalue weighted by molar-refractivity contribution is 0.487. The van der Waals surface area contributed by atoms with Crippen LogP contribution in [-0.4, -0.2) is 0 Å². The van der Waals surface area contributed by atoms with E-state index in [0.29, 0.717) is 5.56 Å². The molecule has 7 aromatic carbocycles. The lowest BCUT2D eigenvalue weighted by Crippen LogP contribution is -1.98. The second kappa shape index (κ2) is 6.59. The number of benzene rings is 7. The summed E-state index contributed by atoms with van der Waals surface area (Å²) in [5, 5.41) is 19.3. The number of rotatable bonds is 1. The fourth-order valence-corrected chi connectivity index (χ4v) is 5.88. The van der Waals surface area contributed by atoms with Gasteiger partial charge in [-0.3, -0.25) is 0 Å². The summed E-state index contributed by atoms with van der Waals surface area (Å²) in [5.74, 6) is 1.65. The van der Waals surface area contributed by atoms with Gasteiger partial charge in [-0.25, -0.2) is 0 Å². The zero-order valence-corrected chi connectivity index (χ0v) is 18.7. The normalized spacial score (nSPS) is 12.2. The number of hydrogen-bond donors (Lipinski definition) is 0. The number of fused-ring (bicyclic) bond motifs is 2. The molecular weight excluding hydrogens is 426 g/mol. The first-order valence-electron chi connectivity index (χ1n) is 11.8. The van der Waals surface area contributed by atoms with Crippen molar-refractivity contribution in [1.82, 2.24) is 0 Å². The van der Waals surface area contributed by atoms with E-state index >= 15 is 0 Å². The van der Waals surface area contributed by atoms with Gasteiger partial charge in [0, 0.05) is 16.3 Å². The van der Waals surface area contributed by atoms with Crippen molar-refractivity contribution in [2.45, 2.75) is 0 Å². The van der Waals surface area contributed by atoms with Gasteiger partial charge in [0.2, 0.25) is 0 Å². The summed E-state index contributed by atoms with van der Waals surface area (Å²) >= 11 is 0. The SMILES string of the molecule is N#Cc1ccc2c3c(cccc13)-c1cc(-c3ccc4ccc5cccc6ccc3c4c56)ccc1O2. The molecular formula is C33H17NO. The van der Waals surface area contributed by atoms with Crippen molar-refractivity contribution < 1.29 is 4.74 Å². The summed E-state index contributed by atoms with van der Waals surface area (Å²) < 4.78 is 6.31. The van der Waals surface area contributed by atoms with Crippen LogP contribution in [0.1, 0.15) is 5.56 Å². The Bertz CT molecular complexity index is 2030. The van der Waals surface area contributed by atoms with Crippen LogP contribution < -0.4 is 4.74 Å². The van der Waals surface area contributed by atoms with Gasteiger partial charge >= 0.3 is 0 Å². The van der Waals surface area contributed by atoms with Crippen molar-refractivity contribution in [3.8, 4) is 39.8 Å². The molecule has 0 amide bonds. The van der Waals surface area contributed by atoms with Crippen molar-refractivity contribution in [2.24, 2.45) is 0 Å². The molecule has 0 unspecified atom stereocenters. The van der Waals surface area contributed by atoms with Gasteiger partial charge in [0.15, 0.2) is 0 Å². The van der Waals surface area contributed by atoms with Gasteiger partial charge in [0.25, 0.3) is 0 Å². The van der Waals surface area contributed by atoms with E-state index in [2.05, 4.69) is 84.9 Å². The van der Waals surface area contributed by atoms with Crippen LogP contribution in [0.15, 0.2) is 103 Å². The summed E-state index contributed by atoms with van der Waals surface area (Å²) in [6, 6.07) is 38.6. The van der Waals surface area contributed by atoms with Crippen LogP contribution in [0.5, 0.6) is 11.5 Å². The molecule has 7 aromatic rings. The number of nitrogens with zero attached hydrogens (tertiary/aromatic N) is 1. The van der Waals surface area contributed by atoms with E-state index < -0.39 is 0 Å². The molecule has 1 heterocycles. The largest absolute Gasteiger partial charge is 0.456 e. The third-order valence-electron chi connectivity index (χ3n) is 7.45. The molecule has 2 heteroatoms. The summed E-state index contributed by atoms with van der Waals surface area (Å²) in [6.07, 6.45) is 0. The maximum Gasteiger partial charge on any atom is 0.136 e. The summed E-state index contributed by atoms with van der Waals surface area (Å²) in [4.78, 5) is 0. The molecule has 0 atom stereocenters. The second-order valence-electron chi connectivity index (χ2n) is 9.23. The molecule has 0 saturated carbocycles. The molecule has 0 aliphatic carbocycles. The first kappa shape index (κ1) is 18.5. The van der Waals surface area contributed by atoms with Crippen LogP contribution in [0.25, 0.3) is 65.3 Å². The lowest BCUT2D eigenvalue weighted by Gasteiger charge is -2.22. The topological polar surface area (TPSA) is 33.0 Å². The second-order valence-corrected chi connectivity index (χ2v) is 9.23. The number of ether oxygens (including phenoxy) is 1. The fraction of sp³-hybridized carbons (Fsp3) is 0. The van der Waals surface area contributed by atoms with E-state index in [9.17, 15) is 5.26 Å². The van der Waals surface area contributed by atoms with Crippen molar-refractivity contribution >= 4 is 43.1 Å². The summed E-state index contributed by atoms with van der Waals surface area (Å²) in [6.45, 7) is 0. The molecule has 160 valence electrons. The predicted octanol–water partition coefficient (Wildman–Crippen LogP) is 9.05. The van der Waals surface area contributed by atoms with Gasteiger partial charge in [-0.15, -0.1) is 0 Å². The monoisotopic (exact) mass is 443 g/mol. The molecule has 0 aromatic heterocycles. The zero-order chi connectivity index (χ0) is 23.1. The molecule has 1 aliphatic heterocycles. The van der Waals surface area contributed by atoms with Gasteiger partial charge in [0.05, 0.1) is 11.6 Å². The maximum absolute atomic E-state index is 9.62. The highest BCUT2D eigenvalue weighted by Crippen LogP contribution is 2.49. The Balaban J connectivity index is 1.41. The first-order chi connectivity index (χ1) is 17.3. The van der Waals surface area contributed by atoms with Gasteiger partial charge in [-0.05, 0) is 73.3 Å². The molecule has 1 aliphatic rings. The minimum Gasteiger partial charge on any atom is -0.456 e. The van der Waals surface area contributed by atoms with Crippen LogP contribution >= 0.6 is 0 Å². The van der Waals surface area contributed by atoms with Gasteiger partial charge < -0.3 is 4.74 Å². The third kappa shape index (κ3) is 2.42. The Kier molecular flexibility index (Phi) is 3.49. The van der Waals surface area contributed by atoms with Crippen LogP contribution in [0, 0.1) is 11.3 Å². The molecule has 35 heavy (non-hydrogen) atoms. The highest BCUT2D eigenvalue weighted by atomic mass is 16.5. The zero-order valence-electron chi connectivity index (χ0n) is 18.7. The predicted molar refractivity (Wildman–Crippen MR) is 143 cm³/mol. The Labute approximate surface area is 201 Å². The Morgan fingerprint density at radius 2 is 1.26 bits per heavy atom. The van der Waals surface area contributed by atoms with Crippen molar-refractivity contribution in [1.29, 1.82) is 5.26 Å². The lowest BCUT2D eigenvalue weighted by atomic mass is 9.88. The van der Waals surface area contributed by atoms with Gasteiger partial charge in [-0.2, -0.15) is 5.26 Å². The van der Waals surface area contributed by atoms with E-state index in [4.69, 9.17) is 4.74 Å². The molecule has 8 rings (SSSR count). The number of hydrogen-bond acceptors (Lipinski definition) is 2. The highest BCUT2D eigenvalue weighted by molar-refractivity contribution is 6.25. The molecule has 2 nitrogen and oxygen atoms in total. The van der Waals surface area contributed by atoms with Crippen molar-refractivity contribution in [3.05, 3.63) is 109 Å². The maximum atomic E-state index is 9.62. The summed E-state index contributed by atoms with van der Waals surface area (Å²) in [7, 11) is 0.